The highest BCUT2D eigenvalue weighted by Crippen LogP contribution is 2.33. The van der Waals surface area contributed by atoms with Crippen molar-refractivity contribution in [2.45, 2.75) is 58.5 Å². The van der Waals surface area contributed by atoms with E-state index in [1.165, 1.54) is 37.3 Å². The van der Waals surface area contributed by atoms with Crippen molar-refractivity contribution in [1.29, 1.82) is 0 Å². The summed E-state index contributed by atoms with van der Waals surface area (Å²) in [6, 6.07) is 16.5. The van der Waals surface area contributed by atoms with Gasteiger partial charge in [0, 0.05) is 19.2 Å². The van der Waals surface area contributed by atoms with E-state index in [4.69, 9.17) is 9.47 Å². The summed E-state index contributed by atoms with van der Waals surface area (Å²) in [4.78, 5) is 28.8. The summed E-state index contributed by atoms with van der Waals surface area (Å²) >= 11 is 0. The maximum atomic E-state index is 14.2. The summed E-state index contributed by atoms with van der Waals surface area (Å²) in [5, 5.41) is 2.82. The van der Waals surface area contributed by atoms with Crippen LogP contribution in [0.5, 0.6) is 11.5 Å². The van der Waals surface area contributed by atoms with E-state index in [0.29, 0.717) is 24.4 Å². The van der Waals surface area contributed by atoms with Gasteiger partial charge < -0.3 is 19.7 Å². The van der Waals surface area contributed by atoms with E-state index in [2.05, 4.69) is 5.32 Å². The first-order valence-corrected chi connectivity index (χ1v) is 15.4. The Morgan fingerprint density at radius 3 is 2.10 bits per heavy atom. The van der Waals surface area contributed by atoms with Crippen LogP contribution in [0.2, 0.25) is 0 Å². The number of anilines is 1. The molecule has 3 aromatic carbocycles. The zero-order valence-corrected chi connectivity index (χ0v) is 26.2. The van der Waals surface area contributed by atoms with E-state index in [9.17, 15) is 18.0 Å². The molecule has 1 N–H and O–H groups in total. The Labute approximate surface area is 249 Å². The van der Waals surface area contributed by atoms with Crippen LogP contribution in [0, 0.1) is 20.8 Å². The summed E-state index contributed by atoms with van der Waals surface area (Å²) in [7, 11) is -1.38. The van der Waals surface area contributed by atoms with Crippen LogP contribution >= 0.6 is 0 Å². The molecule has 226 valence electrons. The van der Waals surface area contributed by atoms with Gasteiger partial charge in [-0.25, -0.2) is 8.42 Å². The van der Waals surface area contributed by atoms with Crippen LogP contribution in [0.15, 0.2) is 65.6 Å². The predicted molar refractivity (Wildman–Crippen MR) is 164 cm³/mol. The average Bonchev–Trinajstić information content (AvgIpc) is 2.95. The van der Waals surface area contributed by atoms with E-state index < -0.39 is 28.5 Å². The number of hydrogen-bond donors (Lipinski definition) is 1. The van der Waals surface area contributed by atoms with Gasteiger partial charge in [0.05, 0.1) is 24.8 Å². The Balaban J connectivity index is 2.15. The third-order valence-corrected chi connectivity index (χ3v) is 8.83. The number of methoxy groups -OCH3 is 2. The van der Waals surface area contributed by atoms with Crippen molar-refractivity contribution in [3.05, 3.63) is 82.9 Å². The number of likely N-dealkylation sites (N-methyl/N-ethyl adjacent to an activating group) is 1. The van der Waals surface area contributed by atoms with Crippen LogP contribution in [-0.2, 0) is 26.2 Å². The fraction of sp³-hybridized carbons (Fsp3) is 0.375. The Kier molecular flexibility index (Phi) is 11.0. The van der Waals surface area contributed by atoms with Gasteiger partial charge in [-0.2, -0.15) is 0 Å². The summed E-state index contributed by atoms with van der Waals surface area (Å²) in [5.41, 5.74) is 3.86. The minimum absolute atomic E-state index is 0.0617. The van der Waals surface area contributed by atoms with Gasteiger partial charge >= 0.3 is 0 Å². The number of nitrogens with zero attached hydrogens (tertiary/aromatic N) is 2. The zero-order valence-electron chi connectivity index (χ0n) is 25.4. The molecular weight excluding hydrogens is 554 g/mol. The van der Waals surface area contributed by atoms with E-state index in [0.717, 1.165) is 26.6 Å². The van der Waals surface area contributed by atoms with Crippen molar-refractivity contribution < 1.29 is 27.5 Å². The van der Waals surface area contributed by atoms with Crippen molar-refractivity contribution in [2.75, 3.05) is 31.6 Å². The lowest BCUT2D eigenvalue weighted by Crippen LogP contribution is -2.52. The first-order valence-electron chi connectivity index (χ1n) is 13.9. The number of ether oxygens (including phenoxy) is 2. The lowest BCUT2D eigenvalue weighted by atomic mass is 10.1. The van der Waals surface area contributed by atoms with Crippen LogP contribution in [0.4, 0.5) is 5.69 Å². The van der Waals surface area contributed by atoms with E-state index in [1.54, 1.807) is 12.1 Å². The molecule has 2 amide bonds. The molecule has 0 bridgehead atoms. The molecule has 0 radical (unpaired) electrons. The highest BCUT2D eigenvalue weighted by atomic mass is 32.2. The zero-order chi connectivity index (χ0) is 31.0. The van der Waals surface area contributed by atoms with E-state index >= 15 is 0 Å². The molecule has 0 saturated carbocycles. The molecule has 0 aliphatic rings. The van der Waals surface area contributed by atoms with Gasteiger partial charge in [0.1, 0.15) is 12.6 Å². The van der Waals surface area contributed by atoms with Gasteiger partial charge in [-0.15, -0.1) is 0 Å². The smallest absolute Gasteiger partial charge is 0.264 e. The number of carbonyl (C=O) groups excluding carboxylic acids is 2. The molecule has 3 rings (SSSR count). The van der Waals surface area contributed by atoms with Crippen molar-refractivity contribution in [3.8, 4) is 11.5 Å². The van der Waals surface area contributed by atoms with Crippen LogP contribution < -0.4 is 19.1 Å². The Hall–Kier alpha value is -4.05. The van der Waals surface area contributed by atoms with Crippen LogP contribution in [0.1, 0.15) is 42.5 Å². The minimum Gasteiger partial charge on any atom is -0.493 e. The molecule has 0 heterocycles. The van der Waals surface area contributed by atoms with E-state index in [-0.39, 0.29) is 23.1 Å². The Morgan fingerprint density at radius 2 is 1.52 bits per heavy atom. The molecule has 0 aliphatic carbocycles. The second kappa shape index (κ2) is 14.2. The highest BCUT2D eigenvalue weighted by molar-refractivity contribution is 7.92. The third kappa shape index (κ3) is 7.42. The molecule has 1 atom stereocenters. The topological polar surface area (TPSA) is 105 Å². The number of benzene rings is 3. The first kappa shape index (κ1) is 32.5. The molecule has 0 unspecified atom stereocenters. The third-order valence-electron chi connectivity index (χ3n) is 7.06. The Bertz CT molecular complexity index is 1500. The molecule has 0 aromatic heterocycles. The van der Waals surface area contributed by atoms with Crippen molar-refractivity contribution in [1.82, 2.24) is 10.2 Å². The van der Waals surface area contributed by atoms with Crippen LogP contribution in [0.25, 0.3) is 0 Å². The van der Waals surface area contributed by atoms with E-state index in [1.807, 2.05) is 65.0 Å². The molecule has 9 nitrogen and oxygen atoms in total. The summed E-state index contributed by atoms with van der Waals surface area (Å²) in [5.74, 6) is -0.168. The second-order valence-electron chi connectivity index (χ2n) is 10.1. The number of aryl methyl sites for hydroxylation is 3. The second-order valence-corrected chi connectivity index (χ2v) is 12.0. The maximum Gasteiger partial charge on any atom is 0.264 e. The monoisotopic (exact) mass is 595 g/mol. The van der Waals surface area contributed by atoms with Gasteiger partial charge in [0.2, 0.25) is 11.8 Å². The molecule has 0 fully saturated rings. The number of sulfonamides is 1. The van der Waals surface area contributed by atoms with Crippen LogP contribution in [-0.4, -0.2) is 58.5 Å². The molecule has 0 spiro atoms. The largest absolute Gasteiger partial charge is 0.493 e. The fourth-order valence-electron chi connectivity index (χ4n) is 4.91. The van der Waals surface area contributed by atoms with Crippen LogP contribution in [0.3, 0.4) is 0 Å². The predicted octanol–water partition coefficient (Wildman–Crippen LogP) is 4.77. The number of nitrogens with one attached hydrogen (secondary N) is 1. The molecule has 3 aromatic rings. The maximum absolute atomic E-state index is 14.2. The molecule has 10 heteroatoms. The fourth-order valence-corrected chi connectivity index (χ4v) is 6.32. The molecule has 0 aliphatic heterocycles. The van der Waals surface area contributed by atoms with Gasteiger partial charge in [-0.05, 0) is 80.6 Å². The van der Waals surface area contributed by atoms with Crippen molar-refractivity contribution in [2.24, 2.45) is 0 Å². The highest BCUT2D eigenvalue weighted by Gasteiger charge is 2.34. The first-order chi connectivity index (χ1) is 20.0. The number of amides is 2. The minimum atomic E-state index is -4.27. The normalized spacial score (nSPS) is 11.9. The van der Waals surface area contributed by atoms with Gasteiger partial charge in [0.15, 0.2) is 11.5 Å². The number of carbonyl (C=O) groups is 2. The molecule has 0 saturated heterocycles. The van der Waals surface area contributed by atoms with Crippen molar-refractivity contribution >= 4 is 27.5 Å². The summed E-state index contributed by atoms with van der Waals surface area (Å²) in [6.07, 6.45) is 0.357. The molecule has 42 heavy (non-hydrogen) atoms. The van der Waals surface area contributed by atoms with Gasteiger partial charge in [-0.1, -0.05) is 37.3 Å². The average molecular weight is 596 g/mol. The SMILES string of the molecule is CCNC(=O)[C@H](CC)N(Cc1ccccc1C)C(=O)CN(c1cc(C)cc(C)c1)S(=O)(=O)c1ccc(OC)c(OC)c1. The molecular formula is C32H41N3O6S. The number of hydrogen-bond acceptors (Lipinski definition) is 6. The lowest BCUT2D eigenvalue weighted by molar-refractivity contribution is -0.140. The lowest BCUT2D eigenvalue weighted by Gasteiger charge is -2.33. The van der Waals surface area contributed by atoms with Crippen molar-refractivity contribution in [3.63, 3.8) is 0 Å². The number of rotatable bonds is 13. The summed E-state index contributed by atoms with van der Waals surface area (Å²) in [6.45, 7) is 9.37. The van der Waals surface area contributed by atoms with Gasteiger partial charge in [0.25, 0.3) is 10.0 Å². The Morgan fingerprint density at radius 1 is 0.881 bits per heavy atom. The quantitative estimate of drug-likeness (QED) is 0.305. The summed E-state index contributed by atoms with van der Waals surface area (Å²) < 4.78 is 40.3. The standard InChI is InChI=1S/C32H41N3O6S/c1-8-28(32(37)33-9-2)34(20-25-13-11-10-12-24(25)5)31(36)21-35(26-17-22(3)16-23(4)18-26)42(38,39)27-14-15-29(40-6)30(19-27)41-7/h10-19,28H,8-9,20-21H2,1-7H3,(H,33,37)/t28-/m0/s1. The van der Waals surface area contributed by atoms with Gasteiger partial charge in [-0.3, -0.25) is 13.9 Å².